The van der Waals surface area contributed by atoms with Gasteiger partial charge in [0.05, 0.1) is 7.11 Å². The first kappa shape index (κ1) is 16.3. The van der Waals surface area contributed by atoms with Gasteiger partial charge in [0.15, 0.2) is 0 Å². The number of nitrogens with one attached hydrogen (secondary N) is 2. The first-order chi connectivity index (χ1) is 9.92. The Morgan fingerprint density at radius 2 is 2.05 bits per heavy atom. The molecule has 1 aromatic carbocycles. The van der Waals surface area contributed by atoms with Gasteiger partial charge >= 0.3 is 0 Å². The van der Waals surface area contributed by atoms with Gasteiger partial charge in [-0.3, -0.25) is 0 Å². The number of ether oxygens (including phenoxy) is 1. The molecule has 1 aliphatic rings. The fraction of sp³-hybridized carbons (Fsp3) is 0.600. The quantitative estimate of drug-likeness (QED) is 0.808. The lowest BCUT2D eigenvalue weighted by Gasteiger charge is -2.26. The SMILES string of the molecule is COc1ccc(CNC(C)C)cc1S(=O)(=O)NC1CCC1. The molecule has 0 bridgehead atoms. The van der Waals surface area contributed by atoms with Crippen LogP contribution in [0.2, 0.25) is 0 Å². The van der Waals surface area contributed by atoms with Crippen molar-refractivity contribution in [3.8, 4) is 5.75 Å². The zero-order chi connectivity index (χ0) is 15.5. The largest absolute Gasteiger partial charge is 0.495 e. The standard InChI is InChI=1S/C15H24N2O3S/c1-11(2)16-10-12-7-8-14(20-3)15(9-12)21(18,19)17-13-5-4-6-13/h7-9,11,13,16-17H,4-6,10H2,1-3H3. The second-order valence-corrected chi connectivity index (χ2v) is 7.45. The van der Waals surface area contributed by atoms with Crippen molar-refractivity contribution in [2.24, 2.45) is 0 Å². The molecule has 1 aromatic rings. The summed E-state index contributed by atoms with van der Waals surface area (Å²) in [5.74, 6) is 0.384. The highest BCUT2D eigenvalue weighted by atomic mass is 32.2. The molecule has 1 aliphatic carbocycles. The summed E-state index contributed by atoms with van der Waals surface area (Å²) >= 11 is 0. The van der Waals surface area contributed by atoms with E-state index >= 15 is 0 Å². The molecule has 0 heterocycles. The second kappa shape index (κ2) is 6.77. The summed E-state index contributed by atoms with van der Waals surface area (Å²) in [5.41, 5.74) is 0.929. The Hall–Kier alpha value is -1.11. The monoisotopic (exact) mass is 312 g/mol. The predicted octanol–water partition coefficient (Wildman–Crippen LogP) is 2.02. The van der Waals surface area contributed by atoms with Gasteiger partial charge < -0.3 is 10.1 Å². The van der Waals surface area contributed by atoms with E-state index in [1.165, 1.54) is 7.11 Å². The van der Waals surface area contributed by atoms with Crippen molar-refractivity contribution < 1.29 is 13.2 Å². The lowest BCUT2D eigenvalue weighted by Crippen LogP contribution is -2.39. The smallest absolute Gasteiger partial charge is 0.244 e. The van der Waals surface area contributed by atoms with Gasteiger partial charge in [-0.05, 0) is 30.5 Å². The lowest BCUT2D eigenvalue weighted by atomic mass is 9.94. The van der Waals surface area contributed by atoms with Crippen molar-refractivity contribution in [3.63, 3.8) is 0 Å². The summed E-state index contributed by atoms with van der Waals surface area (Å²) in [4.78, 5) is 0.222. The Labute approximate surface area is 127 Å². The molecule has 0 radical (unpaired) electrons. The maximum Gasteiger partial charge on any atom is 0.244 e. The second-order valence-electron chi connectivity index (χ2n) is 5.77. The first-order valence-electron chi connectivity index (χ1n) is 7.35. The first-order valence-corrected chi connectivity index (χ1v) is 8.83. The van der Waals surface area contributed by atoms with Gasteiger partial charge in [0, 0.05) is 18.6 Å². The van der Waals surface area contributed by atoms with Crippen LogP contribution in [0, 0.1) is 0 Å². The summed E-state index contributed by atoms with van der Waals surface area (Å²) in [6, 6.07) is 5.70. The normalized spacial score (nSPS) is 16.0. The minimum absolute atomic E-state index is 0.0668. The van der Waals surface area contributed by atoms with E-state index in [-0.39, 0.29) is 10.9 Å². The highest BCUT2D eigenvalue weighted by Crippen LogP contribution is 2.27. The number of hydrogen-bond donors (Lipinski definition) is 2. The summed E-state index contributed by atoms with van der Waals surface area (Å²) in [7, 11) is -2.04. The predicted molar refractivity (Wildman–Crippen MR) is 82.9 cm³/mol. The number of hydrogen-bond acceptors (Lipinski definition) is 4. The molecular weight excluding hydrogens is 288 g/mol. The van der Waals surface area contributed by atoms with Gasteiger partial charge in [0.1, 0.15) is 10.6 Å². The fourth-order valence-corrected chi connectivity index (χ4v) is 3.70. The van der Waals surface area contributed by atoms with E-state index in [1.54, 1.807) is 12.1 Å². The molecule has 0 unspecified atom stereocenters. The summed E-state index contributed by atoms with van der Waals surface area (Å²) in [6.45, 7) is 4.74. The molecule has 21 heavy (non-hydrogen) atoms. The number of sulfonamides is 1. The molecule has 1 fully saturated rings. The molecule has 6 heteroatoms. The van der Waals surface area contributed by atoms with E-state index in [1.807, 2.05) is 6.07 Å². The summed E-state index contributed by atoms with van der Waals surface area (Å²) < 4.78 is 32.9. The van der Waals surface area contributed by atoms with Crippen molar-refractivity contribution in [3.05, 3.63) is 23.8 Å². The molecule has 2 rings (SSSR count). The molecule has 0 aromatic heterocycles. The minimum Gasteiger partial charge on any atom is -0.495 e. The van der Waals surface area contributed by atoms with Gasteiger partial charge in [-0.1, -0.05) is 26.3 Å². The lowest BCUT2D eigenvalue weighted by molar-refractivity contribution is 0.379. The van der Waals surface area contributed by atoms with Crippen LogP contribution < -0.4 is 14.8 Å². The minimum atomic E-state index is -3.53. The third-order valence-electron chi connectivity index (χ3n) is 3.66. The van der Waals surface area contributed by atoms with Crippen LogP contribution in [0.5, 0.6) is 5.75 Å². The third kappa shape index (κ3) is 4.18. The van der Waals surface area contributed by atoms with E-state index < -0.39 is 10.0 Å². The Morgan fingerprint density at radius 1 is 1.33 bits per heavy atom. The molecule has 118 valence electrons. The molecule has 0 spiro atoms. The van der Waals surface area contributed by atoms with Crippen LogP contribution in [0.4, 0.5) is 0 Å². The highest BCUT2D eigenvalue weighted by molar-refractivity contribution is 7.89. The van der Waals surface area contributed by atoms with Crippen molar-refractivity contribution >= 4 is 10.0 Å². The average molecular weight is 312 g/mol. The van der Waals surface area contributed by atoms with Crippen LogP contribution in [-0.2, 0) is 16.6 Å². The number of rotatable bonds is 7. The third-order valence-corrected chi connectivity index (χ3v) is 5.20. The van der Waals surface area contributed by atoms with Crippen LogP contribution in [0.25, 0.3) is 0 Å². The Morgan fingerprint density at radius 3 is 2.57 bits per heavy atom. The molecule has 0 atom stereocenters. The fourth-order valence-electron chi connectivity index (χ4n) is 2.17. The Kier molecular flexibility index (Phi) is 5.24. The zero-order valence-electron chi connectivity index (χ0n) is 12.8. The topological polar surface area (TPSA) is 67.4 Å². The average Bonchev–Trinajstić information content (AvgIpc) is 2.40. The van der Waals surface area contributed by atoms with E-state index in [0.717, 1.165) is 24.8 Å². The molecule has 5 nitrogen and oxygen atoms in total. The summed E-state index contributed by atoms with van der Waals surface area (Å²) in [6.07, 6.45) is 2.91. The maximum atomic E-state index is 12.5. The molecule has 1 saturated carbocycles. The Balaban J connectivity index is 2.23. The maximum absolute atomic E-state index is 12.5. The van der Waals surface area contributed by atoms with Gasteiger partial charge in [-0.25, -0.2) is 13.1 Å². The highest BCUT2D eigenvalue weighted by Gasteiger charge is 2.27. The number of benzene rings is 1. The van der Waals surface area contributed by atoms with Gasteiger partial charge in [0.2, 0.25) is 10.0 Å². The van der Waals surface area contributed by atoms with E-state index in [2.05, 4.69) is 23.9 Å². The molecule has 2 N–H and O–H groups in total. The Bertz CT molecular complexity index is 581. The van der Waals surface area contributed by atoms with Crippen LogP contribution in [0.1, 0.15) is 38.7 Å². The van der Waals surface area contributed by atoms with Gasteiger partial charge in [0.25, 0.3) is 0 Å². The van der Waals surface area contributed by atoms with Crippen molar-refractivity contribution in [2.75, 3.05) is 7.11 Å². The van der Waals surface area contributed by atoms with Crippen LogP contribution in [0.15, 0.2) is 23.1 Å². The van der Waals surface area contributed by atoms with Crippen molar-refractivity contribution in [2.45, 2.75) is 56.6 Å². The van der Waals surface area contributed by atoms with E-state index in [9.17, 15) is 8.42 Å². The van der Waals surface area contributed by atoms with Crippen molar-refractivity contribution in [1.82, 2.24) is 10.0 Å². The van der Waals surface area contributed by atoms with Crippen LogP contribution in [0.3, 0.4) is 0 Å². The molecule has 0 amide bonds. The molecule has 0 saturated heterocycles. The van der Waals surface area contributed by atoms with Crippen molar-refractivity contribution in [1.29, 1.82) is 0 Å². The molecule has 0 aliphatic heterocycles. The van der Waals surface area contributed by atoms with Gasteiger partial charge in [-0.15, -0.1) is 0 Å². The van der Waals surface area contributed by atoms with Gasteiger partial charge in [-0.2, -0.15) is 0 Å². The molecular formula is C15H24N2O3S. The van der Waals surface area contributed by atoms with Crippen LogP contribution in [-0.4, -0.2) is 27.6 Å². The number of methoxy groups -OCH3 is 1. The van der Waals surface area contributed by atoms with Crippen LogP contribution >= 0.6 is 0 Å². The zero-order valence-corrected chi connectivity index (χ0v) is 13.7. The van der Waals surface area contributed by atoms with E-state index in [4.69, 9.17) is 4.74 Å². The van der Waals surface area contributed by atoms with E-state index in [0.29, 0.717) is 18.3 Å². The summed E-state index contributed by atoms with van der Waals surface area (Å²) in [5, 5.41) is 3.28.